The Balaban J connectivity index is 3.31. The van der Waals surface area contributed by atoms with Crippen molar-refractivity contribution >= 4 is 12.0 Å². The van der Waals surface area contributed by atoms with Crippen molar-refractivity contribution in [2.45, 2.75) is 12.4 Å². The highest BCUT2D eigenvalue weighted by atomic mass is 19.4. The Kier molecular flexibility index (Phi) is 4.46. The van der Waals surface area contributed by atoms with Crippen LogP contribution in [0.5, 0.6) is 0 Å². The fourth-order valence-electron chi connectivity index (χ4n) is 1.31. The second-order valence-corrected chi connectivity index (χ2v) is 3.70. The zero-order chi connectivity index (χ0) is 15.6. The minimum atomic E-state index is -4.92. The fourth-order valence-corrected chi connectivity index (χ4v) is 1.31. The molecule has 0 unspecified atom stereocenters. The van der Waals surface area contributed by atoms with Gasteiger partial charge in [0, 0.05) is 6.08 Å². The van der Waals surface area contributed by atoms with E-state index < -0.39 is 35.0 Å². The Morgan fingerprint density at radius 1 is 1.00 bits per heavy atom. The van der Waals surface area contributed by atoms with Gasteiger partial charge in [0.15, 0.2) is 0 Å². The van der Waals surface area contributed by atoms with Crippen LogP contribution < -0.4 is 0 Å². The van der Waals surface area contributed by atoms with Gasteiger partial charge in [0.2, 0.25) is 0 Å². The first kappa shape index (κ1) is 16.1. The van der Waals surface area contributed by atoms with Crippen LogP contribution in [-0.2, 0) is 21.9 Å². The number of hydrogen-bond donors (Lipinski definition) is 0. The number of ether oxygens (including phenoxy) is 1. The molecule has 0 saturated heterocycles. The van der Waals surface area contributed by atoms with Crippen molar-refractivity contribution in [2.75, 3.05) is 7.11 Å². The van der Waals surface area contributed by atoms with Crippen molar-refractivity contribution in [1.82, 2.24) is 0 Å². The third-order valence-corrected chi connectivity index (χ3v) is 2.22. The zero-order valence-electron chi connectivity index (χ0n) is 9.97. The molecule has 0 aliphatic rings. The number of hydrogen-bond acceptors (Lipinski definition) is 2. The van der Waals surface area contributed by atoms with Gasteiger partial charge in [-0.25, -0.2) is 4.79 Å². The summed E-state index contributed by atoms with van der Waals surface area (Å²) in [5.74, 6) is -0.893. The van der Waals surface area contributed by atoms with Crippen LogP contribution in [0.15, 0.2) is 24.3 Å². The molecular weight excluding hydrogens is 290 g/mol. The van der Waals surface area contributed by atoms with Gasteiger partial charge in [-0.05, 0) is 29.8 Å². The van der Waals surface area contributed by atoms with E-state index in [4.69, 9.17) is 0 Å². The number of halogens is 6. The molecule has 1 rings (SSSR count). The van der Waals surface area contributed by atoms with Crippen LogP contribution in [0.3, 0.4) is 0 Å². The van der Waals surface area contributed by atoms with E-state index in [2.05, 4.69) is 4.74 Å². The first-order chi connectivity index (χ1) is 9.04. The number of esters is 1. The van der Waals surface area contributed by atoms with Crippen molar-refractivity contribution in [3.63, 3.8) is 0 Å². The van der Waals surface area contributed by atoms with E-state index >= 15 is 0 Å². The number of carbonyl (C=O) groups excluding carboxylic acids is 1. The first-order valence-corrected chi connectivity index (χ1v) is 5.09. The van der Waals surface area contributed by atoms with Crippen LogP contribution in [0.4, 0.5) is 26.3 Å². The zero-order valence-corrected chi connectivity index (χ0v) is 9.97. The average Bonchev–Trinajstić information content (AvgIpc) is 2.33. The minimum Gasteiger partial charge on any atom is -0.466 e. The molecule has 0 bridgehead atoms. The summed E-state index contributed by atoms with van der Waals surface area (Å²) in [4.78, 5) is 10.8. The fraction of sp³-hybridized carbons (Fsp3) is 0.250. The second kappa shape index (κ2) is 5.56. The highest BCUT2D eigenvalue weighted by Gasteiger charge is 2.36. The summed E-state index contributed by atoms with van der Waals surface area (Å²) in [6, 6.07) is 1.03. The van der Waals surface area contributed by atoms with Crippen LogP contribution >= 0.6 is 0 Å². The van der Waals surface area contributed by atoms with Crippen molar-refractivity contribution in [2.24, 2.45) is 0 Å². The number of alkyl halides is 6. The predicted octanol–water partition coefficient (Wildman–Crippen LogP) is 3.91. The third-order valence-electron chi connectivity index (χ3n) is 2.22. The normalized spacial score (nSPS) is 12.8. The molecule has 0 aromatic heterocycles. The monoisotopic (exact) mass is 298 g/mol. The topological polar surface area (TPSA) is 26.3 Å². The summed E-state index contributed by atoms with van der Waals surface area (Å²) in [5, 5.41) is 0. The summed E-state index contributed by atoms with van der Waals surface area (Å²) >= 11 is 0. The number of rotatable bonds is 2. The third kappa shape index (κ3) is 4.29. The predicted molar refractivity (Wildman–Crippen MR) is 57.5 cm³/mol. The van der Waals surface area contributed by atoms with Crippen molar-refractivity contribution in [3.05, 3.63) is 41.0 Å². The number of carbonyl (C=O) groups is 1. The molecule has 1 aromatic rings. The average molecular weight is 298 g/mol. The molecule has 0 fully saturated rings. The molecular formula is C12H8F6O2. The maximum absolute atomic E-state index is 12.5. The summed E-state index contributed by atoms with van der Waals surface area (Å²) < 4.78 is 79.3. The van der Waals surface area contributed by atoms with E-state index in [1.54, 1.807) is 0 Å². The van der Waals surface area contributed by atoms with E-state index in [9.17, 15) is 31.1 Å². The lowest BCUT2D eigenvalue weighted by molar-refractivity contribution is -0.143. The molecule has 2 nitrogen and oxygen atoms in total. The quantitative estimate of drug-likeness (QED) is 0.470. The highest BCUT2D eigenvalue weighted by Crippen LogP contribution is 2.36. The van der Waals surface area contributed by atoms with E-state index in [1.807, 2.05) is 0 Å². The molecule has 1 aromatic carbocycles. The lowest BCUT2D eigenvalue weighted by atomic mass is 10.0. The van der Waals surface area contributed by atoms with E-state index in [0.29, 0.717) is 12.1 Å². The van der Waals surface area contributed by atoms with Crippen molar-refractivity contribution < 1.29 is 35.9 Å². The molecule has 0 aliphatic heterocycles. The largest absolute Gasteiger partial charge is 0.466 e. The Hall–Kier alpha value is -1.99. The molecule has 20 heavy (non-hydrogen) atoms. The summed E-state index contributed by atoms with van der Waals surface area (Å²) in [6.45, 7) is 0. The minimum absolute atomic E-state index is 0.00941. The van der Waals surface area contributed by atoms with Crippen LogP contribution in [-0.4, -0.2) is 13.1 Å². The van der Waals surface area contributed by atoms with Crippen molar-refractivity contribution in [3.8, 4) is 0 Å². The standard InChI is InChI=1S/C12H8F6O2/c1-20-10(19)3-2-7-4-8(11(13,14)15)6-9(5-7)12(16,17)18/h2-6H,1H3. The highest BCUT2D eigenvalue weighted by molar-refractivity contribution is 5.87. The Morgan fingerprint density at radius 2 is 1.45 bits per heavy atom. The number of methoxy groups -OCH3 is 1. The molecule has 0 N–H and O–H groups in total. The maximum Gasteiger partial charge on any atom is 0.416 e. The summed E-state index contributed by atoms with van der Waals surface area (Å²) in [5.41, 5.74) is -3.30. The first-order valence-electron chi connectivity index (χ1n) is 5.09. The van der Waals surface area contributed by atoms with Gasteiger partial charge in [-0.15, -0.1) is 0 Å². The van der Waals surface area contributed by atoms with Gasteiger partial charge in [-0.3, -0.25) is 0 Å². The molecule has 0 spiro atoms. The van der Waals surface area contributed by atoms with Gasteiger partial charge in [-0.2, -0.15) is 26.3 Å². The molecule has 0 heterocycles. The SMILES string of the molecule is COC(=O)C=Cc1cc(C(F)(F)F)cc(C(F)(F)F)c1. The second-order valence-electron chi connectivity index (χ2n) is 3.70. The number of benzene rings is 1. The summed E-state index contributed by atoms with van der Waals surface area (Å²) in [7, 11) is 1.03. The molecule has 110 valence electrons. The lowest BCUT2D eigenvalue weighted by Gasteiger charge is -2.12. The van der Waals surface area contributed by atoms with Gasteiger partial charge >= 0.3 is 18.3 Å². The Labute approximate surface area is 109 Å². The molecule has 0 amide bonds. The van der Waals surface area contributed by atoms with Gasteiger partial charge in [0.05, 0.1) is 18.2 Å². The smallest absolute Gasteiger partial charge is 0.416 e. The van der Waals surface area contributed by atoms with Crippen LogP contribution in [0, 0.1) is 0 Å². The van der Waals surface area contributed by atoms with Crippen LogP contribution in [0.2, 0.25) is 0 Å². The Bertz CT molecular complexity index is 495. The summed E-state index contributed by atoms with van der Waals surface area (Å²) in [6.07, 6.45) is -8.30. The van der Waals surface area contributed by atoms with Gasteiger partial charge in [0.25, 0.3) is 0 Å². The van der Waals surface area contributed by atoms with E-state index in [-0.39, 0.29) is 6.07 Å². The maximum atomic E-state index is 12.5. The van der Waals surface area contributed by atoms with Gasteiger partial charge in [0.1, 0.15) is 0 Å². The van der Waals surface area contributed by atoms with Gasteiger partial charge < -0.3 is 4.74 Å². The lowest BCUT2D eigenvalue weighted by Crippen LogP contribution is -2.11. The molecule has 0 atom stereocenters. The van der Waals surface area contributed by atoms with E-state index in [0.717, 1.165) is 19.3 Å². The van der Waals surface area contributed by atoms with Crippen LogP contribution in [0.25, 0.3) is 6.08 Å². The van der Waals surface area contributed by atoms with Crippen LogP contribution in [0.1, 0.15) is 16.7 Å². The van der Waals surface area contributed by atoms with Gasteiger partial charge in [-0.1, -0.05) is 0 Å². The molecule has 8 heteroatoms. The van der Waals surface area contributed by atoms with Crippen molar-refractivity contribution in [1.29, 1.82) is 0 Å². The van der Waals surface area contributed by atoms with E-state index in [1.165, 1.54) is 0 Å². The molecule has 0 saturated carbocycles. The Morgan fingerprint density at radius 3 is 1.80 bits per heavy atom. The molecule has 0 aliphatic carbocycles. The molecule has 0 radical (unpaired) electrons.